The number of benzene rings is 1. The van der Waals surface area contributed by atoms with Crippen LogP contribution in [0.3, 0.4) is 0 Å². The van der Waals surface area contributed by atoms with Crippen LogP contribution in [0.5, 0.6) is 5.75 Å². The number of nitrogens with one attached hydrogen (secondary N) is 2. The Morgan fingerprint density at radius 3 is 2.52 bits per heavy atom. The molecule has 0 aliphatic carbocycles. The van der Waals surface area contributed by atoms with Crippen LogP contribution in [0.2, 0.25) is 0 Å². The first-order valence-electron chi connectivity index (χ1n) is 6.04. The van der Waals surface area contributed by atoms with Gasteiger partial charge >= 0.3 is 0 Å². The highest BCUT2D eigenvalue weighted by molar-refractivity contribution is 9.10. The van der Waals surface area contributed by atoms with Crippen molar-refractivity contribution in [3.63, 3.8) is 0 Å². The molecule has 2 aromatic rings. The van der Waals surface area contributed by atoms with E-state index in [9.17, 15) is 0 Å². The molecule has 0 amide bonds. The van der Waals surface area contributed by atoms with Gasteiger partial charge in [-0.2, -0.15) is 15.0 Å². The van der Waals surface area contributed by atoms with Crippen LogP contribution in [0, 0.1) is 0 Å². The molecule has 0 atom stereocenters. The molecular weight excluding hydrogens is 338 g/mol. The first-order chi connectivity index (χ1) is 10.0. The molecule has 1 heterocycles. The van der Waals surface area contributed by atoms with Crippen molar-refractivity contribution in [1.29, 1.82) is 0 Å². The number of hydrogen-bond donors (Lipinski definition) is 3. The highest BCUT2D eigenvalue weighted by Crippen LogP contribution is 2.30. The zero-order valence-electron chi connectivity index (χ0n) is 11.9. The molecule has 0 bridgehead atoms. The summed E-state index contributed by atoms with van der Waals surface area (Å²) in [7, 11) is 5.26. The Bertz CT molecular complexity index is 635. The summed E-state index contributed by atoms with van der Waals surface area (Å²) in [6, 6.07) is 5.59. The van der Waals surface area contributed by atoms with Crippen LogP contribution < -0.4 is 26.2 Å². The van der Waals surface area contributed by atoms with E-state index < -0.39 is 0 Å². The number of aromatic nitrogens is 3. The molecule has 1 aromatic heterocycles. The average Bonchev–Trinajstić information content (AvgIpc) is 2.47. The molecule has 112 valence electrons. The predicted octanol–water partition coefficient (Wildman–Crippen LogP) is 1.74. The maximum atomic E-state index is 5.38. The summed E-state index contributed by atoms with van der Waals surface area (Å²) in [5.74, 6) is 7.16. The van der Waals surface area contributed by atoms with Crippen LogP contribution in [0.4, 0.5) is 23.5 Å². The minimum Gasteiger partial charge on any atom is -0.495 e. The average molecular weight is 354 g/mol. The van der Waals surface area contributed by atoms with Crippen LogP contribution in [0.15, 0.2) is 22.7 Å². The van der Waals surface area contributed by atoms with Gasteiger partial charge in [0.15, 0.2) is 0 Å². The maximum Gasteiger partial charge on any atom is 0.243 e. The van der Waals surface area contributed by atoms with Crippen molar-refractivity contribution in [3.05, 3.63) is 22.7 Å². The number of halogens is 1. The van der Waals surface area contributed by atoms with Crippen molar-refractivity contribution in [2.45, 2.75) is 0 Å². The first kappa shape index (κ1) is 15.3. The molecule has 0 aliphatic rings. The number of nitrogens with two attached hydrogens (primary N) is 1. The summed E-state index contributed by atoms with van der Waals surface area (Å²) in [4.78, 5) is 14.4. The summed E-state index contributed by atoms with van der Waals surface area (Å²) >= 11 is 3.42. The third-order valence-electron chi connectivity index (χ3n) is 2.56. The van der Waals surface area contributed by atoms with Gasteiger partial charge < -0.3 is 15.0 Å². The number of methoxy groups -OCH3 is 1. The molecule has 0 aliphatic heterocycles. The number of rotatable bonds is 5. The summed E-state index contributed by atoms with van der Waals surface area (Å²) in [5, 5.41) is 3.09. The molecule has 2 rings (SSSR count). The Morgan fingerprint density at radius 1 is 1.19 bits per heavy atom. The van der Waals surface area contributed by atoms with Gasteiger partial charge in [0.25, 0.3) is 0 Å². The van der Waals surface area contributed by atoms with E-state index in [4.69, 9.17) is 10.6 Å². The predicted molar refractivity (Wildman–Crippen MR) is 85.9 cm³/mol. The minimum atomic E-state index is 0.269. The fourth-order valence-electron chi connectivity index (χ4n) is 1.58. The molecule has 0 saturated carbocycles. The van der Waals surface area contributed by atoms with Crippen molar-refractivity contribution in [3.8, 4) is 5.75 Å². The number of hydrogen-bond acceptors (Lipinski definition) is 8. The minimum absolute atomic E-state index is 0.269. The lowest BCUT2D eigenvalue weighted by Crippen LogP contribution is -2.18. The smallest absolute Gasteiger partial charge is 0.243 e. The molecule has 0 saturated heterocycles. The van der Waals surface area contributed by atoms with Crippen molar-refractivity contribution in [2.24, 2.45) is 5.84 Å². The first-order valence-corrected chi connectivity index (χ1v) is 6.83. The summed E-state index contributed by atoms with van der Waals surface area (Å²) in [6.45, 7) is 0. The van der Waals surface area contributed by atoms with Crippen molar-refractivity contribution >= 4 is 39.5 Å². The van der Waals surface area contributed by atoms with Gasteiger partial charge in [-0.15, -0.1) is 0 Å². The molecule has 9 heteroatoms. The Hall–Kier alpha value is -2.13. The van der Waals surface area contributed by atoms with Crippen molar-refractivity contribution in [1.82, 2.24) is 15.0 Å². The Labute approximate surface area is 130 Å². The Morgan fingerprint density at radius 2 is 1.90 bits per heavy atom. The Kier molecular flexibility index (Phi) is 4.76. The SMILES string of the molecule is COc1ccc(Br)cc1Nc1nc(NN)nc(N(C)C)n1. The second-order valence-corrected chi connectivity index (χ2v) is 5.21. The van der Waals surface area contributed by atoms with Gasteiger partial charge in [-0.1, -0.05) is 15.9 Å². The van der Waals surface area contributed by atoms with Gasteiger partial charge in [0, 0.05) is 18.6 Å². The fourth-order valence-corrected chi connectivity index (χ4v) is 1.94. The van der Waals surface area contributed by atoms with E-state index in [0.717, 1.165) is 10.2 Å². The zero-order chi connectivity index (χ0) is 15.4. The normalized spacial score (nSPS) is 10.1. The van der Waals surface area contributed by atoms with Crippen LogP contribution in [0.25, 0.3) is 0 Å². The summed E-state index contributed by atoms with van der Waals surface area (Å²) < 4.78 is 6.21. The van der Waals surface area contributed by atoms with Gasteiger partial charge in [0.05, 0.1) is 12.8 Å². The van der Waals surface area contributed by atoms with Crippen molar-refractivity contribution in [2.75, 3.05) is 36.8 Å². The number of nitrogen functional groups attached to an aromatic ring is 1. The zero-order valence-corrected chi connectivity index (χ0v) is 13.5. The van der Waals surface area contributed by atoms with Crippen LogP contribution in [0.1, 0.15) is 0 Å². The fraction of sp³-hybridized carbons (Fsp3) is 0.250. The van der Waals surface area contributed by atoms with E-state index in [-0.39, 0.29) is 5.95 Å². The molecule has 21 heavy (non-hydrogen) atoms. The van der Waals surface area contributed by atoms with E-state index in [1.54, 1.807) is 12.0 Å². The number of hydrazine groups is 1. The highest BCUT2D eigenvalue weighted by Gasteiger charge is 2.10. The highest BCUT2D eigenvalue weighted by atomic mass is 79.9. The monoisotopic (exact) mass is 353 g/mol. The molecule has 4 N–H and O–H groups in total. The van der Waals surface area contributed by atoms with Gasteiger partial charge in [-0.05, 0) is 18.2 Å². The van der Waals surface area contributed by atoms with E-state index in [1.165, 1.54) is 0 Å². The largest absolute Gasteiger partial charge is 0.495 e. The summed E-state index contributed by atoms with van der Waals surface area (Å²) in [6.07, 6.45) is 0. The molecular formula is C12H16BrN7O. The van der Waals surface area contributed by atoms with Gasteiger partial charge in [0.2, 0.25) is 17.8 Å². The maximum absolute atomic E-state index is 5.38. The molecule has 0 radical (unpaired) electrons. The lowest BCUT2D eigenvalue weighted by Gasteiger charge is -2.14. The molecule has 0 spiro atoms. The van der Waals surface area contributed by atoms with Gasteiger partial charge in [-0.3, -0.25) is 5.43 Å². The molecule has 8 nitrogen and oxygen atoms in total. The lowest BCUT2D eigenvalue weighted by molar-refractivity contribution is 0.416. The second kappa shape index (κ2) is 6.55. The van der Waals surface area contributed by atoms with Gasteiger partial charge in [-0.25, -0.2) is 5.84 Å². The summed E-state index contributed by atoms with van der Waals surface area (Å²) in [5.41, 5.74) is 3.15. The van der Waals surface area contributed by atoms with Crippen LogP contribution >= 0.6 is 15.9 Å². The topological polar surface area (TPSA) is 101 Å². The van der Waals surface area contributed by atoms with Crippen LogP contribution in [-0.2, 0) is 0 Å². The molecule has 1 aromatic carbocycles. The van der Waals surface area contributed by atoms with E-state index in [0.29, 0.717) is 17.6 Å². The van der Waals surface area contributed by atoms with E-state index in [2.05, 4.69) is 41.6 Å². The number of nitrogens with zero attached hydrogens (tertiary/aromatic N) is 4. The van der Waals surface area contributed by atoms with E-state index in [1.807, 2.05) is 32.3 Å². The third kappa shape index (κ3) is 3.70. The van der Waals surface area contributed by atoms with Gasteiger partial charge in [0.1, 0.15) is 5.75 Å². The molecule has 0 fully saturated rings. The van der Waals surface area contributed by atoms with Crippen LogP contribution in [-0.4, -0.2) is 36.2 Å². The number of anilines is 4. The lowest BCUT2D eigenvalue weighted by atomic mass is 10.3. The quantitative estimate of drug-likeness (QED) is 0.551. The van der Waals surface area contributed by atoms with Crippen molar-refractivity contribution < 1.29 is 4.74 Å². The third-order valence-corrected chi connectivity index (χ3v) is 3.05. The second-order valence-electron chi connectivity index (χ2n) is 4.29. The molecule has 0 unspecified atom stereocenters. The number of ether oxygens (including phenoxy) is 1. The Balaban J connectivity index is 2.39. The standard InChI is InChI=1S/C12H16BrN7O/c1-20(2)12-17-10(16-11(18-12)19-14)15-8-6-7(13)4-5-9(8)21-3/h4-6H,14H2,1-3H3,(H2,15,16,17,18,19). The van der Waals surface area contributed by atoms with E-state index >= 15 is 0 Å².